The van der Waals surface area contributed by atoms with E-state index in [2.05, 4.69) is 0 Å². The van der Waals surface area contributed by atoms with Crippen LogP contribution < -0.4 is 4.74 Å². The van der Waals surface area contributed by atoms with Crippen LogP contribution in [0.15, 0.2) is 29.6 Å². The second kappa shape index (κ2) is 5.23. The van der Waals surface area contributed by atoms with Crippen LogP contribution in [0.3, 0.4) is 0 Å². The highest BCUT2D eigenvalue weighted by atomic mass is 32.1. The summed E-state index contributed by atoms with van der Waals surface area (Å²) in [7, 11) is 0. The molecule has 1 aromatic carbocycles. The number of hydrogen-bond donors (Lipinski definition) is 1. The van der Waals surface area contributed by atoms with Crippen molar-refractivity contribution in [2.45, 2.75) is 20.5 Å². The van der Waals surface area contributed by atoms with Crippen LogP contribution in [0.2, 0.25) is 0 Å². The monoisotopic (exact) mass is 262 g/mol. The number of aromatic carboxylic acids is 1. The Bertz CT molecular complexity index is 552. The fourth-order valence-electron chi connectivity index (χ4n) is 1.74. The number of benzene rings is 1. The summed E-state index contributed by atoms with van der Waals surface area (Å²) in [5.74, 6) is -0.304. The molecule has 0 radical (unpaired) electrons. The van der Waals surface area contributed by atoms with Gasteiger partial charge in [0.05, 0.1) is 0 Å². The van der Waals surface area contributed by atoms with Crippen molar-refractivity contribution in [3.63, 3.8) is 0 Å². The lowest BCUT2D eigenvalue weighted by Gasteiger charge is -2.10. The summed E-state index contributed by atoms with van der Waals surface area (Å²) in [5.41, 5.74) is 3.52. The molecule has 0 saturated carbocycles. The first kappa shape index (κ1) is 12.6. The number of thiophene rings is 1. The SMILES string of the molecule is Cc1cccc(C)c1COc1csc(C(=O)O)c1. The van der Waals surface area contributed by atoms with E-state index in [1.165, 1.54) is 22.5 Å². The van der Waals surface area contributed by atoms with Crippen LogP contribution in [-0.2, 0) is 6.61 Å². The maximum atomic E-state index is 10.8. The average molecular weight is 262 g/mol. The van der Waals surface area contributed by atoms with Gasteiger partial charge in [-0.15, -0.1) is 11.3 Å². The molecule has 0 saturated heterocycles. The van der Waals surface area contributed by atoms with Crippen LogP contribution >= 0.6 is 11.3 Å². The van der Waals surface area contributed by atoms with Gasteiger partial charge in [-0.3, -0.25) is 0 Å². The van der Waals surface area contributed by atoms with E-state index in [0.29, 0.717) is 17.2 Å². The number of carboxylic acids is 1. The van der Waals surface area contributed by atoms with Crippen molar-refractivity contribution >= 4 is 17.3 Å². The lowest BCUT2D eigenvalue weighted by Crippen LogP contribution is -2.00. The molecular formula is C14H14O3S. The highest BCUT2D eigenvalue weighted by molar-refractivity contribution is 7.12. The van der Waals surface area contributed by atoms with Gasteiger partial charge in [0.1, 0.15) is 17.2 Å². The van der Waals surface area contributed by atoms with Crippen LogP contribution in [0, 0.1) is 13.8 Å². The first-order chi connectivity index (χ1) is 8.58. The second-order valence-electron chi connectivity index (χ2n) is 4.11. The Balaban J connectivity index is 2.09. The van der Waals surface area contributed by atoms with E-state index in [-0.39, 0.29) is 0 Å². The van der Waals surface area contributed by atoms with Crippen molar-refractivity contribution in [3.8, 4) is 5.75 Å². The first-order valence-electron chi connectivity index (χ1n) is 5.57. The van der Waals surface area contributed by atoms with Gasteiger partial charge < -0.3 is 9.84 Å². The van der Waals surface area contributed by atoms with Gasteiger partial charge in [0.25, 0.3) is 0 Å². The minimum Gasteiger partial charge on any atom is -0.488 e. The zero-order valence-corrected chi connectivity index (χ0v) is 11.1. The van der Waals surface area contributed by atoms with Crippen LogP contribution in [0.4, 0.5) is 0 Å². The normalized spacial score (nSPS) is 10.3. The Hall–Kier alpha value is -1.81. The maximum Gasteiger partial charge on any atom is 0.346 e. The molecule has 3 nitrogen and oxygen atoms in total. The third-order valence-corrected chi connectivity index (χ3v) is 3.71. The third-order valence-electron chi connectivity index (χ3n) is 2.81. The highest BCUT2D eigenvalue weighted by Crippen LogP contribution is 2.23. The Morgan fingerprint density at radius 1 is 1.33 bits per heavy atom. The molecular weight excluding hydrogens is 248 g/mol. The molecule has 0 spiro atoms. The molecule has 2 aromatic rings. The van der Waals surface area contributed by atoms with Crippen molar-refractivity contribution < 1.29 is 14.6 Å². The molecule has 0 amide bonds. The van der Waals surface area contributed by atoms with Crippen molar-refractivity contribution in [3.05, 3.63) is 51.2 Å². The molecule has 0 aliphatic heterocycles. The molecule has 0 atom stereocenters. The predicted molar refractivity (Wildman–Crippen MR) is 71.5 cm³/mol. The first-order valence-corrected chi connectivity index (χ1v) is 6.45. The number of hydrogen-bond acceptors (Lipinski definition) is 3. The third kappa shape index (κ3) is 2.71. The van der Waals surface area contributed by atoms with Crippen LogP contribution in [0.1, 0.15) is 26.4 Å². The number of carboxylic acid groups (broad SMARTS) is 1. The van der Waals surface area contributed by atoms with Gasteiger partial charge in [0.2, 0.25) is 0 Å². The lowest BCUT2D eigenvalue weighted by atomic mass is 10.0. The molecule has 4 heteroatoms. The van der Waals surface area contributed by atoms with E-state index in [0.717, 1.165) is 5.56 Å². The van der Waals surface area contributed by atoms with E-state index in [1.807, 2.05) is 32.0 Å². The Kier molecular flexibility index (Phi) is 3.67. The van der Waals surface area contributed by atoms with E-state index >= 15 is 0 Å². The van der Waals surface area contributed by atoms with Crippen LogP contribution in [0.25, 0.3) is 0 Å². The molecule has 0 aliphatic carbocycles. The smallest absolute Gasteiger partial charge is 0.346 e. The van der Waals surface area contributed by atoms with Gasteiger partial charge in [-0.2, -0.15) is 0 Å². The van der Waals surface area contributed by atoms with Gasteiger partial charge in [0, 0.05) is 11.4 Å². The molecule has 1 aromatic heterocycles. The standard InChI is InChI=1S/C14H14O3S/c1-9-4-3-5-10(2)12(9)7-17-11-6-13(14(15)16)18-8-11/h3-6,8H,7H2,1-2H3,(H,15,16). The van der Waals surface area contributed by atoms with E-state index in [1.54, 1.807) is 11.4 Å². The van der Waals surface area contributed by atoms with Crippen molar-refractivity contribution in [2.75, 3.05) is 0 Å². The molecule has 0 fully saturated rings. The average Bonchev–Trinajstić information content (AvgIpc) is 2.77. The van der Waals surface area contributed by atoms with Crippen LogP contribution in [-0.4, -0.2) is 11.1 Å². The summed E-state index contributed by atoms with van der Waals surface area (Å²) >= 11 is 1.18. The van der Waals surface area contributed by atoms with E-state index in [9.17, 15) is 4.79 Å². The Labute approximate surface area is 110 Å². The van der Waals surface area contributed by atoms with Gasteiger partial charge in [-0.25, -0.2) is 4.79 Å². The predicted octanol–water partition coefficient (Wildman–Crippen LogP) is 3.64. The Morgan fingerprint density at radius 2 is 2.00 bits per heavy atom. The molecule has 2 rings (SSSR count). The summed E-state index contributed by atoms with van der Waals surface area (Å²) in [6.07, 6.45) is 0. The molecule has 18 heavy (non-hydrogen) atoms. The van der Waals surface area contributed by atoms with Crippen molar-refractivity contribution in [1.82, 2.24) is 0 Å². The van der Waals surface area contributed by atoms with Gasteiger partial charge in [0.15, 0.2) is 0 Å². The summed E-state index contributed by atoms with van der Waals surface area (Å²) in [4.78, 5) is 11.0. The molecule has 1 N–H and O–H groups in total. The number of rotatable bonds is 4. The van der Waals surface area contributed by atoms with Gasteiger partial charge in [-0.05, 0) is 30.5 Å². The summed E-state index contributed by atoms with van der Waals surface area (Å²) in [5, 5.41) is 10.5. The Morgan fingerprint density at radius 3 is 2.56 bits per heavy atom. The van der Waals surface area contributed by atoms with Crippen molar-refractivity contribution in [2.24, 2.45) is 0 Å². The van der Waals surface area contributed by atoms with Crippen molar-refractivity contribution in [1.29, 1.82) is 0 Å². The zero-order chi connectivity index (χ0) is 13.1. The quantitative estimate of drug-likeness (QED) is 0.915. The molecule has 0 unspecified atom stereocenters. The molecule has 94 valence electrons. The largest absolute Gasteiger partial charge is 0.488 e. The highest BCUT2D eigenvalue weighted by Gasteiger charge is 2.08. The molecule has 1 heterocycles. The number of ether oxygens (including phenoxy) is 1. The van der Waals surface area contributed by atoms with Crippen LogP contribution in [0.5, 0.6) is 5.75 Å². The van der Waals surface area contributed by atoms with Gasteiger partial charge in [-0.1, -0.05) is 18.2 Å². The van der Waals surface area contributed by atoms with E-state index in [4.69, 9.17) is 9.84 Å². The fourth-order valence-corrected chi connectivity index (χ4v) is 2.40. The number of carbonyl (C=O) groups is 1. The topological polar surface area (TPSA) is 46.5 Å². The summed E-state index contributed by atoms with van der Waals surface area (Å²) in [6, 6.07) is 7.66. The molecule has 0 aliphatic rings. The minimum atomic E-state index is -0.915. The zero-order valence-electron chi connectivity index (χ0n) is 10.3. The van der Waals surface area contributed by atoms with E-state index < -0.39 is 5.97 Å². The lowest BCUT2D eigenvalue weighted by molar-refractivity contribution is 0.0702. The minimum absolute atomic E-state index is 0.298. The van der Waals surface area contributed by atoms with Gasteiger partial charge >= 0.3 is 5.97 Å². The fraction of sp³-hybridized carbons (Fsp3) is 0.214. The number of aryl methyl sites for hydroxylation is 2. The second-order valence-corrected chi connectivity index (χ2v) is 5.02. The maximum absolute atomic E-state index is 10.8. The summed E-state index contributed by atoms with van der Waals surface area (Å²) < 4.78 is 5.63. The molecule has 0 bridgehead atoms. The summed E-state index contributed by atoms with van der Waals surface area (Å²) in [6.45, 7) is 4.55.